The van der Waals surface area contributed by atoms with Crippen LogP contribution >= 0.6 is 35.6 Å². The number of nitrogens with zero attached hydrogens (tertiary/aromatic N) is 4. The predicted octanol–water partition coefficient (Wildman–Crippen LogP) is 2.71. The highest BCUT2D eigenvalue weighted by atomic mass is 127. The molecule has 0 aliphatic carbocycles. The lowest BCUT2D eigenvalue weighted by atomic mass is 9.95. The van der Waals surface area contributed by atoms with Gasteiger partial charge in [-0.3, -0.25) is 9.79 Å². The summed E-state index contributed by atoms with van der Waals surface area (Å²) in [6.45, 7) is 5.18. The zero-order valence-corrected chi connectivity index (χ0v) is 21.8. The van der Waals surface area contributed by atoms with Gasteiger partial charge in [0.05, 0.1) is 19.3 Å². The highest BCUT2D eigenvalue weighted by Crippen LogP contribution is 2.22. The maximum atomic E-state index is 12.8. The largest absolute Gasteiger partial charge is 0.378 e. The lowest BCUT2D eigenvalue weighted by molar-refractivity contribution is -0.140. The first-order valence-electron chi connectivity index (χ1n) is 10.7. The molecule has 1 aromatic carbocycles. The van der Waals surface area contributed by atoms with Crippen LogP contribution in [0.4, 0.5) is 0 Å². The Morgan fingerprint density at radius 3 is 2.32 bits per heavy atom. The van der Waals surface area contributed by atoms with Crippen LogP contribution < -0.4 is 5.32 Å². The van der Waals surface area contributed by atoms with Crippen LogP contribution in [0.1, 0.15) is 24.4 Å². The van der Waals surface area contributed by atoms with E-state index in [1.165, 1.54) is 5.56 Å². The van der Waals surface area contributed by atoms with Crippen molar-refractivity contribution >= 4 is 47.4 Å². The van der Waals surface area contributed by atoms with Crippen molar-refractivity contribution in [3.05, 3.63) is 34.9 Å². The Balaban J connectivity index is 0.00000341. The Labute approximate surface area is 208 Å². The molecule has 9 heteroatoms. The molecule has 3 rings (SSSR count). The van der Waals surface area contributed by atoms with Gasteiger partial charge in [-0.15, -0.1) is 24.0 Å². The van der Waals surface area contributed by atoms with Crippen LogP contribution in [0, 0.1) is 5.92 Å². The number of morpholine rings is 1. The highest BCUT2D eigenvalue weighted by Gasteiger charge is 2.30. The molecule has 1 aromatic rings. The van der Waals surface area contributed by atoms with Crippen molar-refractivity contribution in [3.8, 4) is 0 Å². The van der Waals surface area contributed by atoms with Crippen LogP contribution in [-0.4, -0.2) is 93.6 Å². The third-order valence-electron chi connectivity index (χ3n) is 6.01. The Morgan fingerprint density at radius 2 is 1.77 bits per heavy atom. The molecular formula is C22H35ClIN5O2. The SMILES string of the molecule is CN=C(NCC(c1ccc(Cl)cc1)N(C)C)N1CCC(C(=O)N2CCOCC2)CC1.I. The molecule has 0 bridgehead atoms. The number of rotatable bonds is 5. The molecule has 0 radical (unpaired) electrons. The standard InChI is InChI=1S/C22H34ClN5O2.HI/c1-24-22(25-16-20(26(2)3)17-4-6-19(23)7-5-17)28-10-8-18(9-11-28)21(29)27-12-14-30-15-13-27;/h4-7,18,20H,8-16H2,1-3H3,(H,24,25);1H. The predicted molar refractivity (Wildman–Crippen MR) is 136 cm³/mol. The van der Waals surface area contributed by atoms with Crippen LogP contribution in [0.2, 0.25) is 5.02 Å². The van der Waals surface area contributed by atoms with Gasteiger partial charge in [0.25, 0.3) is 0 Å². The van der Waals surface area contributed by atoms with E-state index in [1.807, 2.05) is 24.1 Å². The fourth-order valence-electron chi connectivity index (χ4n) is 4.18. The van der Waals surface area contributed by atoms with Gasteiger partial charge in [-0.25, -0.2) is 0 Å². The second-order valence-electron chi connectivity index (χ2n) is 8.16. The van der Waals surface area contributed by atoms with Crippen molar-refractivity contribution in [2.75, 3.05) is 67.1 Å². The first kappa shape index (κ1) is 26.2. The van der Waals surface area contributed by atoms with E-state index in [1.54, 1.807) is 0 Å². The highest BCUT2D eigenvalue weighted by molar-refractivity contribution is 14.0. The van der Waals surface area contributed by atoms with E-state index in [-0.39, 0.29) is 41.8 Å². The lowest BCUT2D eigenvalue weighted by Gasteiger charge is -2.37. The average molecular weight is 564 g/mol. The number of carbonyl (C=O) groups excluding carboxylic acids is 1. The number of aliphatic imine (C=N–C) groups is 1. The van der Waals surface area contributed by atoms with E-state index in [0.717, 1.165) is 56.5 Å². The molecule has 0 saturated carbocycles. The maximum Gasteiger partial charge on any atom is 0.225 e. The molecule has 2 saturated heterocycles. The van der Waals surface area contributed by atoms with Crippen LogP contribution in [0.3, 0.4) is 0 Å². The molecule has 2 aliphatic rings. The lowest BCUT2D eigenvalue weighted by Crippen LogP contribution is -2.50. The minimum absolute atomic E-state index is 0. The van der Waals surface area contributed by atoms with Gasteiger partial charge < -0.3 is 24.8 Å². The van der Waals surface area contributed by atoms with E-state index in [2.05, 4.69) is 46.3 Å². The van der Waals surface area contributed by atoms with Gasteiger partial charge in [0.15, 0.2) is 5.96 Å². The quantitative estimate of drug-likeness (QED) is 0.339. The van der Waals surface area contributed by atoms with Crippen LogP contribution in [-0.2, 0) is 9.53 Å². The third kappa shape index (κ3) is 7.20. The smallest absolute Gasteiger partial charge is 0.225 e. The van der Waals surface area contributed by atoms with E-state index < -0.39 is 0 Å². The van der Waals surface area contributed by atoms with E-state index >= 15 is 0 Å². The van der Waals surface area contributed by atoms with Crippen molar-refractivity contribution in [2.45, 2.75) is 18.9 Å². The van der Waals surface area contributed by atoms with Gasteiger partial charge in [0.2, 0.25) is 5.91 Å². The number of amides is 1. The Bertz CT molecular complexity index is 717. The number of hydrogen-bond donors (Lipinski definition) is 1. The van der Waals surface area contributed by atoms with Crippen molar-refractivity contribution in [2.24, 2.45) is 10.9 Å². The minimum atomic E-state index is 0. The summed E-state index contributed by atoms with van der Waals surface area (Å²) in [5.41, 5.74) is 1.21. The summed E-state index contributed by atoms with van der Waals surface area (Å²) in [5.74, 6) is 1.30. The zero-order chi connectivity index (χ0) is 21.5. The van der Waals surface area contributed by atoms with Crippen molar-refractivity contribution in [3.63, 3.8) is 0 Å². The molecule has 174 valence electrons. The Hall–Kier alpha value is -1.10. The molecule has 31 heavy (non-hydrogen) atoms. The second kappa shape index (κ2) is 12.8. The van der Waals surface area contributed by atoms with Gasteiger partial charge >= 0.3 is 0 Å². The molecular weight excluding hydrogens is 529 g/mol. The molecule has 7 nitrogen and oxygen atoms in total. The summed E-state index contributed by atoms with van der Waals surface area (Å²) in [4.78, 5) is 23.7. The van der Waals surface area contributed by atoms with E-state index in [9.17, 15) is 4.79 Å². The Kier molecular flexibility index (Phi) is 10.8. The van der Waals surface area contributed by atoms with Crippen molar-refractivity contribution in [1.29, 1.82) is 0 Å². The summed E-state index contributed by atoms with van der Waals surface area (Å²) in [6, 6.07) is 8.21. The number of hydrogen-bond acceptors (Lipinski definition) is 4. The number of piperidine rings is 1. The fourth-order valence-corrected chi connectivity index (χ4v) is 4.31. The maximum absolute atomic E-state index is 12.8. The molecule has 0 spiro atoms. The van der Waals surface area contributed by atoms with Gasteiger partial charge in [0, 0.05) is 50.7 Å². The normalized spacial score (nSPS) is 19.2. The van der Waals surface area contributed by atoms with Crippen LogP contribution in [0.5, 0.6) is 0 Å². The number of likely N-dealkylation sites (tertiary alicyclic amines) is 1. The number of benzene rings is 1. The number of halogens is 2. The number of ether oxygens (including phenoxy) is 1. The summed E-state index contributed by atoms with van der Waals surface area (Å²) >= 11 is 6.04. The summed E-state index contributed by atoms with van der Waals surface area (Å²) in [7, 11) is 5.97. The molecule has 1 atom stereocenters. The summed E-state index contributed by atoms with van der Waals surface area (Å²) in [5, 5.41) is 4.28. The van der Waals surface area contributed by atoms with Crippen molar-refractivity contribution < 1.29 is 9.53 Å². The Morgan fingerprint density at radius 1 is 1.16 bits per heavy atom. The van der Waals surface area contributed by atoms with Gasteiger partial charge in [-0.1, -0.05) is 23.7 Å². The summed E-state index contributed by atoms with van der Waals surface area (Å²) < 4.78 is 5.36. The van der Waals surface area contributed by atoms with E-state index in [4.69, 9.17) is 16.3 Å². The summed E-state index contributed by atoms with van der Waals surface area (Å²) in [6.07, 6.45) is 1.73. The van der Waals surface area contributed by atoms with Gasteiger partial charge in [0.1, 0.15) is 0 Å². The number of guanidine groups is 1. The molecule has 2 fully saturated rings. The van der Waals surface area contributed by atoms with Gasteiger partial charge in [-0.2, -0.15) is 0 Å². The molecule has 2 aliphatic heterocycles. The zero-order valence-electron chi connectivity index (χ0n) is 18.7. The molecule has 2 heterocycles. The topological polar surface area (TPSA) is 60.4 Å². The molecule has 1 amide bonds. The van der Waals surface area contributed by atoms with E-state index in [0.29, 0.717) is 13.2 Å². The third-order valence-corrected chi connectivity index (χ3v) is 6.26. The van der Waals surface area contributed by atoms with Crippen molar-refractivity contribution in [1.82, 2.24) is 20.0 Å². The number of nitrogens with one attached hydrogen (secondary N) is 1. The minimum Gasteiger partial charge on any atom is -0.378 e. The fraction of sp³-hybridized carbons (Fsp3) is 0.636. The first-order valence-corrected chi connectivity index (χ1v) is 11.1. The van der Waals surface area contributed by atoms with Crippen LogP contribution in [0.15, 0.2) is 29.3 Å². The molecule has 0 aromatic heterocycles. The monoisotopic (exact) mass is 563 g/mol. The first-order chi connectivity index (χ1) is 14.5. The van der Waals surface area contributed by atoms with Crippen LogP contribution in [0.25, 0.3) is 0 Å². The molecule has 1 unspecified atom stereocenters. The number of likely N-dealkylation sites (N-methyl/N-ethyl adjacent to an activating group) is 1. The second-order valence-corrected chi connectivity index (χ2v) is 8.59. The molecule has 1 N–H and O–H groups in total. The van der Waals surface area contributed by atoms with Gasteiger partial charge in [-0.05, 0) is 44.6 Å². The average Bonchev–Trinajstić information content (AvgIpc) is 2.78. The number of carbonyl (C=O) groups is 1.